The van der Waals surface area contributed by atoms with Crippen molar-refractivity contribution in [2.75, 3.05) is 10.2 Å². The molecule has 0 bridgehead atoms. The molecule has 8 aromatic carbocycles. The number of rotatable bonds is 7. The monoisotopic (exact) mass is 638 g/mol. The Balaban J connectivity index is 1.13. The highest BCUT2D eigenvalue weighted by atomic mass is 15.1. The van der Waals surface area contributed by atoms with Crippen molar-refractivity contribution in [3.63, 3.8) is 0 Å². The highest BCUT2D eigenvalue weighted by Gasteiger charge is 2.18. The molecule has 2 heteroatoms. The maximum atomic E-state index is 3.69. The number of anilines is 4. The molecule has 0 fully saturated rings. The second-order valence-corrected chi connectivity index (χ2v) is 13.0. The maximum Gasteiger partial charge on any atom is 0.0542 e. The fourth-order valence-electron chi connectivity index (χ4n) is 7.22. The molecule has 1 unspecified atom stereocenters. The van der Waals surface area contributed by atoms with Crippen LogP contribution in [-0.4, -0.2) is 0 Å². The number of nitrogens with one attached hydrogen (secondary N) is 1. The third kappa shape index (κ3) is 5.56. The lowest BCUT2D eigenvalue weighted by Crippen LogP contribution is -2.15. The number of nitrogens with zero attached hydrogens (tertiary/aromatic N) is 1. The van der Waals surface area contributed by atoms with E-state index in [2.05, 4.69) is 199 Å². The molecule has 1 aliphatic rings. The third-order valence-corrected chi connectivity index (χ3v) is 9.59. The summed E-state index contributed by atoms with van der Waals surface area (Å²) in [5, 5.41) is 11.2. The quantitative estimate of drug-likeness (QED) is 0.138. The van der Waals surface area contributed by atoms with Crippen LogP contribution in [0.5, 0.6) is 0 Å². The summed E-state index contributed by atoms with van der Waals surface area (Å²) in [5.41, 5.74) is 10.2. The van der Waals surface area contributed by atoms with Crippen molar-refractivity contribution < 1.29 is 0 Å². The lowest BCUT2D eigenvalue weighted by atomic mass is 9.93. The molecule has 1 N–H and O–H groups in total. The van der Waals surface area contributed by atoms with Crippen molar-refractivity contribution in [3.05, 3.63) is 182 Å². The molecule has 1 aliphatic carbocycles. The van der Waals surface area contributed by atoms with Crippen molar-refractivity contribution in [1.29, 1.82) is 0 Å². The van der Waals surface area contributed by atoms with Gasteiger partial charge in [0.05, 0.1) is 5.70 Å². The van der Waals surface area contributed by atoms with Gasteiger partial charge in [0.1, 0.15) is 0 Å². The molecule has 0 heterocycles. The Bertz CT molecular complexity index is 2570. The number of allylic oxidation sites excluding steroid dienone is 3. The lowest BCUT2D eigenvalue weighted by molar-refractivity contribution is 0.979. The predicted octanol–water partition coefficient (Wildman–Crippen LogP) is 12.9. The van der Waals surface area contributed by atoms with Gasteiger partial charge in [0.2, 0.25) is 0 Å². The number of hydrogen-bond donors (Lipinski definition) is 1. The van der Waals surface area contributed by atoms with E-state index < -0.39 is 0 Å². The minimum atomic E-state index is 0.193. The van der Waals surface area contributed by atoms with Crippen LogP contribution in [0.4, 0.5) is 22.7 Å². The normalized spacial score (nSPS) is 13.9. The Morgan fingerprint density at radius 2 is 1.06 bits per heavy atom. The van der Waals surface area contributed by atoms with E-state index in [1.807, 2.05) is 6.08 Å². The van der Waals surface area contributed by atoms with E-state index in [1.54, 1.807) is 0 Å². The van der Waals surface area contributed by atoms with Crippen LogP contribution in [0.1, 0.15) is 6.92 Å². The van der Waals surface area contributed by atoms with E-state index in [9.17, 15) is 0 Å². The summed E-state index contributed by atoms with van der Waals surface area (Å²) >= 11 is 0. The maximum absolute atomic E-state index is 3.69. The summed E-state index contributed by atoms with van der Waals surface area (Å²) in [6.45, 7) is 2.14. The van der Waals surface area contributed by atoms with Gasteiger partial charge in [0.25, 0.3) is 0 Å². The number of benzene rings is 8. The Kier molecular flexibility index (Phi) is 7.38. The molecule has 0 radical (unpaired) electrons. The first-order valence-corrected chi connectivity index (χ1v) is 17.2. The van der Waals surface area contributed by atoms with Crippen LogP contribution < -0.4 is 10.2 Å². The van der Waals surface area contributed by atoms with Crippen LogP contribution in [0.3, 0.4) is 0 Å². The van der Waals surface area contributed by atoms with Gasteiger partial charge in [-0.1, -0.05) is 127 Å². The summed E-state index contributed by atoms with van der Waals surface area (Å²) in [4.78, 5) is 2.34. The molecule has 1 atom stereocenters. The Morgan fingerprint density at radius 3 is 1.70 bits per heavy atom. The van der Waals surface area contributed by atoms with Gasteiger partial charge in [0.15, 0.2) is 0 Å². The Hall–Kier alpha value is -6.56. The minimum absolute atomic E-state index is 0.193. The zero-order valence-electron chi connectivity index (χ0n) is 27.8. The van der Waals surface area contributed by atoms with Crippen LogP contribution in [0, 0.1) is 17.8 Å². The van der Waals surface area contributed by atoms with Gasteiger partial charge in [0, 0.05) is 34.7 Å². The van der Waals surface area contributed by atoms with Gasteiger partial charge in [-0.05, 0) is 116 Å². The van der Waals surface area contributed by atoms with Gasteiger partial charge >= 0.3 is 0 Å². The summed E-state index contributed by atoms with van der Waals surface area (Å²) in [6.07, 6.45) is 6.43. The van der Waals surface area contributed by atoms with E-state index in [4.69, 9.17) is 0 Å². The smallest absolute Gasteiger partial charge is 0.0542 e. The van der Waals surface area contributed by atoms with Gasteiger partial charge in [-0.25, -0.2) is 0 Å². The van der Waals surface area contributed by atoms with Crippen LogP contribution in [0.15, 0.2) is 182 Å². The van der Waals surface area contributed by atoms with E-state index in [0.717, 1.165) is 28.4 Å². The molecule has 236 valence electrons. The van der Waals surface area contributed by atoms with Gasteiger partial charge < -0.3 is 10.2 Å². The first-order valence-electron chi connectivity index (χ1n) is 17.2. The third-order valence-electron chi connectivity index (χ3n) is 9.59. The molecule has 9 rings (SSSR count). The molecule has 0 saturated carbocycles. The standard InChI is InChI=1S/C48H34N2/c1-33-11-8-19-44(26-21-33)50(45-20-10-17-37(30-45)35-14-6-3-7-15-35)46-31-40-24-22-38-28-43(29-39-23-25-41(32-46)48(40)47(38)39)49-42-18-9-16-36(27-42)34-12-4-2-5-13-34/h2-7,9-10,12-33,49H,1H3. The molecule has 0 saturated heterocycles. The van der Waals surface area contributed by atoms with Crippen LogP contribution in [0.2, 0.25) is 0 Å². The zero-order chi connectivity index (χ0) is 33.4. The highest BCUT2D eigenvalue weighted by Crippen LogP contribution is 2.42. The largest absolute Gasteiger partial charge is 0.355 e. The molecule has 50 heavy (non-hydrogen) atoms. The van der Waals surface area contributed by atoms with Crippen molar-refractivity contribution in [1.82, 2.24) is 0 Å². The highest BCUT2D eigenvalue weighted by molar-refractivity contribution is 6.24. The second-order valence-electron chi connectivity index (χ2n) is 13.0. The molecular weight excluding hydrogens is 605 g/mol. The van der Waals surface area contributed by atoms with Crippen molar-refractivity contribution >= 4 is 55.1 Å². The van der Waals surface area contributed by atoms with E-state index in [-0.39, 0.29) is 5.92 Å². The second kappa shape index (κ2) is 12.5. The summed E-state index contributed by atoms with van der Waals surface area (Å²) in [6, 6.07) is 56.8. The molecular formula is C48H34N2. The minimum Gasteiger partial charge on any atom is -0.355 e. The summed E-state index contributed by atoms with van der Waals surface area (Å²) in [5.74, 6) is 6.83. The predicted molar refractivity (Wildman–Crippen MR) is 213 cm³/mol. The van der Waals surface area contributed by atoms with Gasteiger partial charge in [-0.15, -0.1) is 0 Å². The molecule has 2 nitrogen and oxygen atoms in total. The summed E-state index contributed by atoms with van der Waals surface area (Å²) < 4.78 is 0. The molecule has 8 aromatic rings. The number of hydrogen-bond acceptors (Lipinski definition) is 2. The fourth-order valence-corrected chi connectivity index (χ4v) is 7.22. The topological polar surface area (TPSA) is 15.3 Å². The first-order chi connectivity index (χ1) is 24.7. The lowest BCUT2D eigenvalue weighted by Gasteiger charge is -2.27. The van der Waals surface area contributed by atoms with Crippen molar-refractivity contribution in [3.8, 4) is 34.1 Å². The average Bonchev–Trinajstić information content (AvgIpc) is 3.38. The van der Waals surface area contributed by atoms with Crippen molar-refractivity contribution in [2.24, 2.45) is 5.92 Å². The van der Waals surface area contributed by atoms with Gasteiger partial charge in [-0.2, -0.15) is 0 Å². The zero-order valence-corrected chi connectivity index (χ0v) is 27.8. The molecule has 0 spiro atoms. The average molecular weight is 639 g/mol. The van der Waals surface area contributed by atoms with E-state index in [0.29, 0.717) is 0 Å². The Morgan fingerprint density at radius 1 is 0.500 bits per heavy atom. The van der Waals surface area contributed by atoms with Crippen LogP contribution in [-0.2, 0) is 0 Å². The van der Waals surface area contributed by atoms with Crippen LogP contribution >= 0.6 is 0 Å². The Labute approximate surface area is 293 Å². The molecule has 0 aliphatic heterocycles. The molecule has 0 amide bonds. The SMILES string of the molecule is CC1C#CC=C(N(c2cccc(-c3ccccc3)c2)c2cc3ccc4cc(Nc5cccc(-c6ccccc6)c5)cc5ccc(c2)c3c45)C=C1. The van der Waals surface area contributed by atoms with Gasteiger partial charge in [-0.3, -0.25) is 0 Å². The fraction of sp³-hybridized carbons (Fsp3) is 0.0417. The molecule has 0 aromatic heterocycles. The van der Waals surface area contributed by atoms with E-state index >= 15 is 0 Å². The first kappa shape index (κ1) is 29.6. The van der Waals surface area contributed by atoms with Crippen LogP contribution in [0.25, 0.3) is 54.6 Å². The van der Waals surface area contributed by atoms with E-state index in [1.165, 1.54) is 54.6 Å². The summed E-state index contributed by atoms with van der Waals surface area (Å²) in [7, 11) is 0. The van der Waals surface area contributed by atoms with Crippen molar-refractivity contribution in [2.45, 2.75) is 6.92 Å².